The molecule has 0 aliphatic heterocycles. The van der Waals surface area contributed by atoms with Gasteiger partial charge < -0.3 is 25.2 Å². The van der Waals surface area contributed by atoms with E-state index in [0.29, 0.717) is 0 Å². The Morgan fingerprint density at radius 1 is 1.38 bits per heavy atom. The highest BCUT2D eigenvalue weighted by molar-refractivity contribution is 5.84. The lowest BCUT2D eigenvalue weighted by Gasteiger charge is -2.20. The van der Waals surface area contributed by atoms with Gasteiger partial charge in [-0.25, -0.2) is 0 Å². The maximum Gasteiger partial charge on any atom is 0.189 e. The van der Waals surface area contributed by atoms with Crippen molar-refractivity contribution in [2.45, 2.75) is 18.3 Å². The monoisotopic (exact) mass is 194 g/mol. The summed E-state index contributed by atoms with van der Waals surface area (Å²) < 4.78 is 4.49. The van der Waals surface area contributed by atoms with Crippen LogP contribution in [0.4, 0.5) is 0 Å². The third-order valence-corrected chi connectivity index (χ3v) is 1.54. The molecule has 0 fully saturated rings. The number of hydrogen-bond acceptors (Lipinski definition) is 6. The van der Waals surface area contributed by atoms with Crippen molar-refractivity contribution in [3.8, 4) is 0 Å². The van der Waals surface area contributed by atoms with Gasteiger partial charge in [0.2, 0.25) is 0 Å². The SMILES string of the molecule is COC[C@@H](O)[C@@H](O)[C@H](O)C(=O)CO. The van der Waals surface area contributed by atoms with Crippen LogP contribution in [0.1, 0.15) is 0 Å². The minimum Gasteiger partial charge on any atom is -0.388 e. The van der Waals surface area contributed by atoms with E-state index in [2.05, 4.69) is 4.74 Å². The Kier molecular flexibility index (Phi) is 5.76. The fourth-order valence-electron chi connectivity index (χ4n) is 0.764. The summed E-state index contributed by atoms with van der Waals surface area (Å²) in [7, 11) is 1.30. The standard InChI is InChI=1S/C7H14O6/c1-13-3-5(10)7(12)6(11)4(9)2-8/h5-8,10-12H,2-3H2,1H3/t5-,6-,7-/m1/s1. The first-order valence-electron chi connectivity index (χ1n) is 3.71. The molecule has 6 heteroatoms. The van der Waals surface area contributed by atoms with Gasteiger partial charge in [0.05, 0.1) is 6.61 Å². The van der Waals surface area contributed by atoms with Gasteiger partial charge in [0.15, 0.2) is 5.78 Å². The summed E-state index contributed by atoms with van der Waals surface area (Å²) in [6.07, 6.45) is -4.77. The zero-order valence-corrected chi connectivity index (χ0v) is 7.25. The summed E-state index contributed by atoms with van der Waals surface area (Å²) in [4.78, 5) is 10.7. The fourth-order valence-corrected chi connectivity index (χ4v) is 0.764. The molecule has 0 amide bonds. The summed E-state index contributed by atoms with van der Waals surface area (Å²) in [6.45, 7) is -1.07. The number of aliphatic hydroxyl groups excluding tert-OH is 4. The first-order chi connectivity index (χ1) is 6.04. The van der Waals surface area contributed by atoms with Crippen LogP contribution in [0.3, 0.4) is 0 Å². The van der Waals surface area contributed by atoms with Crippen LogP contribution in [0.2, 0.25) is 0 Å². The van der Waals surface area contributed by atoms with E-state index < -0.39 is 30.7 Å². The van der Waals surface area contributed by atoms with E-state index >= 15 is 0 Å². The molecule has 0 aliphatic rings. The van der Waals surface area contributed by atoms with Crippen LogP contribution in [0, 0.1) is 0 Å². The molecule has 6 nitrogen and oxygen atoms in total. The predicted molar refractivity (Wildman–Crippen MR) is 42.0 cm³/mol. The summed E-state index contributed by atoms with van der Waals surface area (Å²) >= 11 is 0. The molecule has 0 rings (SSSR count). The largest absolute Gasteiger partial charge is 0.388 e. The molecule has 0 spiro atoms. The number of hydrogen-bond donors (Lipinski definition) is 4. The first-order valence-corrected chi connectivity index (χ1v) is 3.71. The molecule has 0 saturated carbocycles. The van der Waals surface area contributed by atoms with Gasteiger partial charge in [0.25, 0.3) is 0 Å². The number of ketones is 1. The fraction of sp³-hybridized carbons (Fsp3) is 0.857. The lowest BCUT2D eigenvalue weighted by Crippen LogP contribution is -2.45. The lowest BCUT2D eigenvalue weighted by molar-refractivity contribution is -0.143. The average Bonchev–Trinajstić information content (AvgIpc) is 2.14. The van der Waals surface area contributed by atoms with Crippen molar-refractivity contribution in [2.24, 2.45) is 0 Å². The molecule has 0 aromatic heterocycles. The van der Waals surface area contributed by atoms with E-state index in [9.17, 15) is 4.79 Å². The molecule has 0 bridgehead atoms. The van der Waals surface area contributed by atoms with Gasteiger partial charge in [-0.1, -0.05) is 0 Å². The Balaban J connectivity index is 4.07. The smallest absolute Gasteiger partial charge is 0.189 e. The molecular formula is C7H14O6. The third kappa shape index (κ3) is 3.79. The normalized spacial score (nSPS) is 17.9. The summed E-state index contributed by atoms with van der Waals surface area (Å²) in [5, 5.41) is 35.5. The van der Waals surface area contributed by atoms with E-state index in [1.165, 1.54) is 7.11 Å². The van der Waals surface area contributed by atoms with Gasteiger partial charge in [0, 0.05) is 7.11 Å². The van der Waals surface area contributed by atoms with Crippen molar-refractivity contribution >= 4 is 5.78 Å². The molecule has 0 aromatic carbocycles. The van der Waals surface area contributed by atoms with Crippen LogP contribution in [-0.2, 0) is 9.53 Å². The number of aliphatic hydroxyl groups is 4. The molecule has 0 heterocycles. The highest BCUT2D eigenvalue weighted by Crippen LogP contribution is 2.01. The second-order valence-electron chi connectivity index (χ2n) is 2.58. The Bertz CT molecular complexity index is 159. The van der Waals surface area contributed by atoms with Crippen molar-refractivity contribution < 1.29 is 30.0 Å². The highest BCUT2D eigenvalue weighted by Gasteiger charge is 2.29. The molecule has 4 N–H and O–H groups in total. The van der Waals surface area contributed by atoms with Crippen LogP contribution in [0.5, 0.6) is 0 Å². The van der Waals surface area contributed by atoms with Crippen LogP contribution >= 0.6 is 0 Å². The topological polar surface area (TPSA) is 107 Å². The number of Topliss-reactive ketones (excluding diaryl/α,β-unsaturated/α-hetero) is 1. The van der Waals surface area contributed by atoms with E-state index in [1.54, 1.807) is 0 Å². The highest BCUT2D eigenvalue weighted by atomic mass is 16.5. The second-order valence-corrected chi connectivity index (χ2v) is 2.58. The van der Waals surface area contributed by atoms with Crippen molar-refractivity contribution in [3.63, 3.8) is 0 Å². The summed E-state index contributed by atoms with van der Waals surface area (Å²) in [5.74, 6) is -0.942. The molecule has 0 saturated heterocycles. The number of methoxy groups -OCH3 is 1. The van der Waals surface area contributed by atoms with E-state index in [-0.39, 0.29) is 6.61 Å². The predicted octanol–water partition coefficient (Wildman–Crippen LogP) is -2.72. The van der Waals surface area contributed by atoms with E-state index in [1.807, 2.05) is 0 Å². The van der Waals surface area contributed by atoms with Gasteiger partial charge in [-0.2, -0.15) is 0 Å². The maximum atomic E-state index is 10.7. The van der Waals surface area contributed by atoms with Crippen LogP contribution in [0.25, 0.3) is 0 Å². The number of carbonyl (C=O) groups excluding carboxylic acids is 1. The number of ether oxygens (including phenoxy) is 1. The quantitative estimate of drug-likeness (QED) is 0.366. The van der Waals surface area contributed by atoms with Crippen LogP contribution in [0.15, 0.2) is 0 Å². The molecule has 0 aromatic rings. The summed E-state index contributed by atoms with van der Waals surface area (Å²) in [6, 6.07) is 0. The Morgan fingerprint density at radius 2 is 1.92 bits per heavy atom. The van der Waals surface area contributed by atoms with Gasteiger partial charge in [-0.05, 0) is 0 Å². The lowest BCUT2D eigenvalue weighted by atomic mass is 10.1. The Morgan fingerprint density at radius 3 is 2.31 bits per heavy atom. The third-order valence-electron chi connectivity index (χ3n) is 1.54. The van der Waals surface area contributed by atoms with Crippen LogP contribution in [-0.4, -0.2) is 64.8 Å². The van der Waals surface area contributed by atoms with Gasteiger partial charge >= 0.3 is 0 Å². The molecule has 0 radical (unpaired) electrons. The van der Waals surface area contributed by atoms with Crippen molar-refractivity contribution in [1.29, 1.82) is 0 Å². The molecular weight excluding hydrogens is 180 g/mol. The first kappa shape index (κ1) is 12.5. The average molecular weight is 194 g/mol. The van der Waals surface area contributed by atoms with Crippen LogP contribution < -0.4 is 0 Å². The number of rotatable bonds is 6. The molecule has 0 aliphatic carbocycles. The zero-order valence-electron chi connectivity index (χ0n) is 7.25. The summed E-state index contributed by atoms with van der Waals surface area (Å²) in [5.41, 5.74) is 0. The van der Waals surface area contributed by atoms with E-state index in [0.717, 1.165) is 0 Å². The van der Waals surface area contributed by atoms with Crippen molar-refractivity contribution in [1.82, 2.24) is 0 Å². The van der Waals surface area contributed by atoms with Gasteiger partial charge in [-0.3, -0.25) is 4.79 Å². The minimum atomic E-state index is -1.78. The van der Waals surface area contributed by atoms with Crippen molar-refractivity contribution in [3.05, 3.63) is 0 Å². The second kappa shape index (κ2) is 6.01. The Labute approximate surface area is 75.4 Å². The minimum absolute atomic E-state index is 0.197. The number of carbonyl (C=O) groups is 1. The molecule has 13 heavy (non-hydrogen) atoms. The molecule has 3 atom stereocenters. The molecule has 0 unspecified atom stereocenters. The van der Waals surface area contributed by atoms with Gasteiger partial charge in [0.1, 0.15) is 24.9 Å². The maximum absolute atomic E-state index is 10.7. The zero-order chi connectivity index (χ0) is 10.4. The van der Waals surface area contributed by atoms with E-state index in [4.69, 9.17) is 20.4 Å². The molecule has 78 valence electrons. The van der Waals surface area contributed by atoms with Crippen molar-refractivity contribution in [2.75, 3.05) is 20.3 Å². The Hall–Kier alpha value is -0.530. The van der Waals surface area contributed by atoms with Gasteiger partial charge in [-0.15, -0.1) is 0 Å².